The smallest absolute Gasteiger partial charge is 0.335 e. The van der Waals surface area contributed by atoms with Crippen molar-refractivity contribution in [3.05, 3.63) is 35.4 Å². The molecule has 74 valence electrons. The third-order valence-electron chi connectivity index (χ3n) is 1.52. The second-order valence-corrected chi connectivity index (χ2v) is 2.48. The van der Waals surface area contributed by atoms with Crippen molar-refractivity contribution in [1.29, 1.82) is 0 Å². The van der Waals surface area contributed by atoms with Crippen LogP contribution in [-0.4, -0.2) is 24.4 Å². The Hall–Kier alpha value is -1.88. The van der Waals surface area contributed by atoms with E-state index in [1.165, 1.54) is 25.5 Å². The molecule has 0 saturated heterocycles. The minimum Gasteiger partial charge on any atom is -0.478 e. The molecule has 0 aliphatic heterocycles. The molecule has 2 N–H and O–H groups in total. The molecular weight excluding hydrogens is 184 g/mol. The molecule has 0 bridgehead atoms. The molecule has 0 unspecified atom stereocenters. The number of hydrogen-bond acceptors (Lipinski definition) is 4. The number of carboxylic acids is 1. The van der Waals surface area contributed by atoms with E-state index in [-0.39, 0.29) is 5.56 Å². The molecule has 0 aliphatic carbocycles. The molecular formula is C9H10N2O3. The first-order valence-electron chi connectivity index (χ1n) is 3.88. The van der Waals surface area contributed by atoms with Gasteiger partial charge in [-0.3, -0.25) is 4.84 Å². The summed E-state index contributed by atoms with van der Waals surface area (Å²) in [5, 5.41) is 12.3. The van der Waals surface area contributed by atoms with E-state index < -0.39 is 5.97 Å². The lowest BCUT2D eigenvalue weighted by Gasteiger charge is -1.95. The number of benzene rings is 1. The number of carbonyl (C=O) groups is 1. The Morgan fingerprint density at radius 2 is 2.14 bits per heavy atom. The highest BCUT2D eigenvalue weighted by molar-refractivity contribution is 5.89. The maximum Gasteiger partial charge on any atom is 0.335 e. The second-order valence-electron chi connectivity index (χ2n) is 2.48. The number of rotatable bonds is 4. The summed E-state index contributed by atoms with van der Waals surface area (Å²) >= 11 is 0. The van der Waals surface area contributed by atoms with Crippen LogP contribution in [0.25, 0.3) is 0 Å². The maximum atomic E-state index is 10.5. The molecule has 0 amide bonds. The molecule has 1 aromatic rings. The van der Waals surface area contributed by atoms with E-state index in [2.05, 4.69) is 15.5 Å². The molecule has 0 aliphatic rings. The summed E-state index contributed by atoms with van der Waals surface area (Å²) in [4.78, 5) is 15.0. The second kappa shape index (κ2) is 4.98. The number of hydrazone groups is 1. The average molecular weight is 194 g/mol. The van der Waals surface area contributed by atoms with E-state index in [0.29, 0.717) is 0 Å². The fourth-order valence-corrected chi connectivity index (χ4v) is 0.865. The van der Waals surface area contributed by atoms with Crippen molar-refractivity contribution in [1.82, 2.24) is 5.59 Å². The van der Waals surface area contributed by atoms with Crippen LogP contribution in [0.15, 0.2) is 29.4 Å². The highest BCUT2D eigenvalue weighted by Gasteiger charge is 1.99. The van der Waals surface area contributed by atoms with Gasteiger partial charge in [-0.05, 0) is 17.7 Å². The first kappa shape index (κ1) is 10.2. The average Bonchev–Trinajstić information content (AvgIpc) is 2.19. The third kappa shape index (κ3) is 2.87. The van der Waals surface area contributed by atoms with Gasteiger partial charge in [-0.25, -0.2) is 4.79 Å². The van der Waals surface area contributed by atoms with Crippen molar-refractivity contribution >= 4 is 12.2 Å². The van der Waals surface area contributed by atoms with Crippen molar-refractivity contribution in [2.45, 2.75) is 0 Å². The van der Waals surface area contributed by atoms with Gasteiger partial charge in [0.25, 0.3) is 0 Å². The highest BCUT2D eigenvalue weighted by atomic mass is 16.7. The zero-order chi connectivity index (χ0) is 10.4. The molecule has 0 saturated carbocycles. The van der Waals surface area contributed by atoms with Crippen LogP contribution >= 0.6 is 0 Å². The Balaban J connectivity index is 2.68. The molecule has 0 spiro atoms. The molecule has 1 aromatic carbocycles. The molecule has 0 radical (unpaired) electrons. The van der Waals surface area contributed by atoms with Crippen molar-refractivity contribution in [2.75, 3.05) is 7.11 Å². The zero-order valence-corrected chi connectivity index (χ0v) is 7.60. The fraction of sp³-hybridized carbons (Fsp3) is 0.111. The van der Waals surface area contributed by atoms with E-state index in [4.69, 9.17) is 5.11 Å². The summed E-state index contributed by atoms with van der Waals surface area (Å²) in [5.41, 5.74) is 3.33. The topological polar surface area (TPSA) is 70.9 Å². The minimum absolute atomic E-state index is 0.252. The van der Waals surface area contributed by atoms with Gasteiger partial charge in [0.1, 0.15) is 0 Å². The summed E-state index contributed by atoms with van der Waals surface area (Å²) in [6.45, 7) is 0. The standard InChI is InChI=1S/C9H10N2O3/c1-14-11-10-6-7-2-4-8(5-3-7)9(12)13/h2-6,11H,1H3,(H,12,13). The zero-order valence-electron chi connectivity index (χ0n) is 7.60. The van der Waals surface area contributed by atoms with Crippen molar-refractivity contribution in [3.8, 4) is 0 Å². The summed E-state index contributed by atoms with van der Waals surface area (Å²) in [6, 6.07) is 6.33. The predicted octanol–water partition coefficient (Wildman–Crippen LogP) is 0.870. The van der Waals surface area contributed by atoms with Crippen LogP contribution in [0.1, 0.15) is 15.9 Å². The normalized spacial score (nSPS) is 10.4. The Bertz CT molecular complexity index is 332. The van der Waals surface area contributed by atoms with Gasteiger partial charge in [0, 0.05) is 0 Å². The largest absolute Gasteiger partial charge is 0.478 e. The van der Waals surface area contributed by atoms with Crippen LogP contribution in [0, 0.1) is 0 Å². The summed E-state index contributed by atoms with van der Waals surface area (Å²) in [6.07, 6.45) is 1.52. The summed E-state index contributed by atoms with van der Waals surface area (Å²) in [5.74, 6) is -0.941. The lowest BCUT2D eigenvalue weighted by Crippen LogP contribution is -2.02. The van der Waals surface area contributed by atoms with Crippen molar-refractivity contribution in [2.24, 2.45) is 5.10 Å². The van der Waals surface area contributed by atoms with Gasteiger partial charge in [0.05, 0.1) is 18.9 Å². The lowest BCUT2D eigenvalue weighted by molar-refractivity contribution is 0.0697. The van der Waals surface area contributed by atoms with Crippen LogP contribution in [0.5, 0.6) is 0 Å². The van der Waals surface area contributed by atoms with Crippen LogP contribution in [0.4, 0.5) is 0 Å². The molecule has 5 heteroatoms. The van der Waals surface area contributed by atoms with E-state index in [0.717, 1.165) is 5.56 Å². The van der Waals surface area contributed by atoms with Gasteiger partial charge in [-0.2, -0.15) is 10.7 Å². The van der Waals surface area contributed by atoms with E-state index >= 15 is 0 Å². The molecule has 0 fully saturated rings. The maximum absolute atomic E-state index is 10.5. The van der Waals surface area contributed by atoms with E-state index in [1.54, 1.807) is 12.1 Å². The Morgan fingerprint density at radius 1 is 1.50 bits per heavy atom. The van der Waals surface area contributed by atoms with Gasteiger partial charge < -0.3 is 5.11 Å². The number of aromatic carboxylic acids is 1. The minimum atomic E-state index is -0.941. The van der Waals surface area contributed by atoms with E-state index in [9.17, 15) is 4.79 Å². The van der Waals surface area contributed by atoms with Crippen LogP contribution in [-0.2, 0) is 4.84 Å². The number of nitrogens with zero attached hydrogens (tertiary/aromatic N) is 1. The monoisotopic (exact) mass is 194 g/mol. The first-order valence-corrected chi connectivity index (χ1v) is 3.88. The summed E-state index contributed by atoms with van der Waals surface area (Å²) < 4.78 is 0. The first-order chi connectivity index (χ1) is 6.74. The van der Waals surface area contributed by atoms with Gasteiger partial charge in [-0.1, -0.05) is 12.1 Å². The van der Waals surface area contributed by atoms with Gasteiger partial charge in [0.15, 0.2) is 0 Å². The summed E-state index contributed by atoms with van der Waals surface area (Å²) in [7, 11) is 1.45. The van der Waals surface area contributed by atoms with Crippen LogP contribution in [0.3, 0.4) is 0 Å². The van der Waals surface area contributed by atoms with Crippen LogP contribution < -0.4 is 5.59 Å². The molecule has 0 heterocycles. The number of hydrogen-bond donors (Lipinski definition) is 2. The van der Waals surface area contributed by atoms with Crippen molar-refractivity contribution in [3.63, 3.8) is 0 Å². The SMILES string of the molecule is CONN=Cc1ccc(C(=O)O)cc1. The highest BCUT2D eigenvalue weighted by Crippen LogP contribution is 2.01. The molecule has 1 rings (SSSR count). The fourth-order valence-electron chi connectivity index (χ4n) is 0.865. The molecule has 14 heavy (non-hydrogen) atoms. The molecule has 0 atom stereocenters. The Labute approximate surface area is 81.0 Å². The number of carboxylic acid groups (broad SMARTS) is 1. The lowest BCUT2D eigenvalue weighted by atomic mass is 10.1. The molecule has 5 nitrogen and oxygen atoms in total. The Morgan fingerprint density at radius 3 is 2.64 bits per heavy atom. The third-order valence-corrected chi connectivity index (χ3v) is 1.52. The quantitative estimate of drug-likeness (QED) is 0.551. The Kier molecular flexibility index (Phi) is 3.63. The number of nitrogens with one attached hydrogen (secondary N) is 1. The van der Waals surface area contributed by atoms with Gasteiger partial charge >= 0.3 is 5.97 Å². The van der Waals surface area contributed by atoms with Gasteiger partial charge in [0.2, 0.25) is 0 Å². The van der Waals surface area contributed by atoms with Crippen LogP contribution in [0.2, 0.25) is 0 Å². The van der Waals surface area contributed by atoms with E-state index in [1.807, 2.05) is 0 Å². The van der Waals surface area contributed by atoms with Crippen molar-refractivity contribution < 1.29 is 14.7 Å². The molecule has 0 aromatic heterocycles. The predicted molar refractivity (Wildman–Crippen MR) is 51.1 cm³/mol. The van der Waals surface area contributed by atoms with Gasteiger partial charge in [-0.15, -0.1) is 0 Å².